The first-order valence-corrected chi connectivity index (χ1v) is 7.80. The van der Waals surface area contributed by atoms with Crippen molar-refractivity contribution in [2.24, 2.45) is 0 Å². The van der Waals surface area contributed by atoms with Gasteiger partial charge in [-0.3, -0.25) is 0 Å². The van der Waals surface area contributed by atoms with Gasteiger partial charge < -0.3 is 10.4 Å². The number of hydrogen-bond donors (Lipinski definition) is 2. The third-order valence-electron chi connectivity index (χ3n) is 3.09. The Labute approximate surface area is 115 Å². The van der Waals surface area contributed by atoms with Crippen molar-refractivity contribution in [1.82, 2.24) is 5.32 Å². The van der Waals surface area contributed by atoms with Crippen LogP contribution in [0.4, 0.5) is 0 Å². The molecule has 1 heterocycles. The van der Waals surface area contributed by atoms with Crippen LogP contribution in [-0.4, -0.2) is 28.8 Å². The normalized spacial score (nSPS) is 24.2. The Morgan fingerprint density at radius 1 is 1.53 bits per heavy atom. The molecule has 0 saturated carbocycles. The Kier molecular flexibility index (Phi) is 4.53. The van der Waals surface area contributed by atoms with E-state index in [4.69, 9.17) is 0 Å². The second kappa shape index (κ2) is 5.74. The Morgan fingerprint density at radius 2 is 2.35 bits per heavy atom. The Bertz CT molecular complexity index is 391. The maximum atomic E-state index is 10.2. The van der Waals surface area contributed by atoms with Gasteiger partial charge in [-0.1, -0.05) is 28.1 Å². The summed E-state index contributed by atoms with van der Waals surface area (Å²) in [6, 6.07) is 6.36. The summed E-state index contributed by atoms with van der Waals surface area (Å²) in [5, 5.41) is 13.5. The van der Waals surface area contributed by atoms with Gasteiger partial charge in [-0.15, -0.1) is 0 Å². The molecule has 1 aliphatic rings. The van der Waals surface area contributed by atoms with Crippen molar-refractivity contribution in [1.29, 1.82) is 0 Å². The van der Waals surface area contributed by atoms with Gasteiger partial charge in [-0.05, 0) is 36.3 Å². The average molecular weight is 316 g/mol. The van der Waals surface area contributed by atoms with Crippen molar-refractivity contribution < 1.29 is 5.11 Å². The van der Waals surface area contributed by atoms with Gasteiger partial charge in [-0.25, -0.2) is 0 Å². The van der Waals surface area contributed by atoms with Gasteiger partial charge >= 0.3 is 0 Å². The number of aryl methyl sites for hydroxylation is 1. The molecule has 1 unspecified atom stereocenters. The van der Waals surface area contributed by atoms with Crippen LogP contribution in [0.2, 0.25) is 0 Å². The highest BCUT2D eigenvalue weighted by Crippen LogP contribution is 2.27. The minimum absolute atomic E-state index is 0.491. The molecule has 0 aliphatic carbocycles. The fraction of sp³-hybridized carbons (Fsp3) is 0.538. The van der Waals surface area contributed by atoms with Crippen molar-refractivity contribution >= 4 is 27.7 Å². The molecule has 94 valence electrons. The molecule has 2 N–H and O–H groups in total. The van der Waals surface area contributed by atoms with Gasteiger partial charge in [0.25, 0.3) is 0 Å². The van der Waals surface area contributed by atoms with Crippen molar-refractivity contribution in [3.63, 3.8) is 0 Å². The fourth-order valence-electron chi connectivity index (χ4n) is 1.99. The summed E-state index contributed by atoms with van der Waals surface area (Å²) in [5.41, 5.74) is 2.02. The summed E-state index contributed by atoms with van der Waals surface area (Å²) in [6.45, 7) is 3.60. The molecule has 1 saturated heterocycles. The smallest absolute Gasteiger partial charge is 0.0869 e. The second-order valence-electron chi connectivity index (χ2n) is 4.71. The maximum Gasteiger partial charge on any atom is 0.0869 e. The number of thioether (sulfide) groups is 1. The molecular formula is C13H18BrNOS. The van der Waals surface area contributed by atoms with Crippen LogP contribution in [0.3, 0.4) is 0 Å². The predicted molar refractivity (Wildman–Crippen MR) is 77.5 cm³/mol. The average Bonchev–Trinajstić information content (AvgIpc) is 2.71. The van der Waals surface area contributed by atoms with Crippen molar-refractivity contribution in [2.75, 3.05) is 18.1 Å². The van der Waals surface area contributed by atoms with E-state index in [2.05, 4.69) is 46.4 Å². The van der Waals surface area contributed by atoms with Crippen LogP contribution in [0.15, 0.2) is 22.7 Å². The van der Waals surface area contributed by atoms with E-state index >= 15 is 0 Å². The molecule has 0 radical (unpaired) electrons. The Morgan fingerprint density at radius 3 is 3.00 bits per heavy atom. The van der Waals surface area contributed by atoms with Crippen LogP contribution in [0.5, 0.6) is 0 Å². The fourth-order valence-corrected chi connectivity index (χ4v) is 3.53. The van der Waals surface area contributed by atoms with Crippen LogP contribution in [0.1, 0.15) is 17.5 Å². The molecule has 17 heavy (non-hydrogen) atoms. The van der Waals surface area contributed by atoms with E-state index in [0.717, 1.165) is 28.9 Å². The van der Waals surface area contributed by atoms with E-state index in [1.807, 2.05) is 11.8 Å². The number of rotatable bonds is 4. The topological polar surface area (TPSA) is 32.3 Å². The summed E-state index contributed by atoms with van der Waals surface area (Å²) in [5.74, 6) is 1.94. The zero-order chi connectivity index (χ0) is 12.3. The molecule has 2 nitrogen and oxygen atoms in total. The highest BCUT2D eigenvalue weighted by atomic mass is 79.9. The van der Waals surface area contributed by atoms with Crippen molar-refractivity contribution in [3.8, 4) is 0 Å². The molecular weight excluding hydrogens is 298 g/mol. The molecule has 0 spiro atoms. The third-order valence-corrected chi connectivity index (χ3v) is 5.21. The minimum atomic E-state index is -0.491. The zero-order valence-corrected chi connectivity index (χ0v) is 12.4. The molecule has 1 aromatic carbocycles. The molecule has 1 aromatic rings. The second-order valence-corrected chi connectivity index (χ2v) is 6.67. The summed E-state index contributed by atoms with van der Waals surface area (Å²) in [7, 11) is 0. The summed E-state index contributed by atoms with van der Waals surface area (Å²) in [4.78, 5) is 0. The maximum absolute atomic E-state index is 10.2. The van der Waals surface area contributed by atoms with E-state index in [-0.39, 0.29) is 0 Å². The lowest BCUT2D eigenvalue weighted by Crippen LogP contribution is -2.40. The number of halogens is 1. The zero-order valence-electron chi connectivity index (χ0n) is 10.0. The minimum Gasteiger partial charge on any atom is -0.388 e. The number of aliphatic hydroxyl groups is 1. The number of benzene rings is 1. The van der Waals surface area contributed by atoms with Crippen LogP contribution >= 0.6 is 27.7 Å². The first-order chi connectivity index (χ1) is 8.09. The van der Waals surface area contributed by atoms with Crippen molar-refractivity contribution in [3.05, 3.63) is 33.8 Å². The molecule has 0 bridgehead atoms. The highest BCUT2D eigenvalue weighted by Gasteiger charge is 2.30. The molecule has 1 atom stereocenters. The first-order valence-electron chi connectivity index (χ1n) is 5.85. The predicted octanol–water partition coefficient (Wildman–Crippen LogP) is 2.72. The molecule has 0 amide bonds. The standard InChI is InChI=1S/C13H18BrNOS/c1-10-6-11(2-3-12(10)14)7-15-8-13(16)4-5-17-9-13/h2-3,6,15-16H,4-5,7-9H2,1H3. The summed E-state index contributed by atoms with van der Waals surface area (Å²) in [6.07, 6.45) is 0.907. The Balaban J connectivity index is 1.83. The van der Waals surface area contributed by atoms with E-state index in [1.165, 1.54) is 11.1 Å². The van der Waals surface area contributed by atoms with Gasteiger partial charge in [0.05, 0.1) is 5.60 Å². The van der Waals surface area contributed by atoms with Crippen LogP contribution in [0.25, 0.3) is 0 Å². The van der Waals surface area contributed by atoms with Crippen LogP contribution in [0, 0.1) is 6.92 Å². The van der Waals surface area contributed by atoms with E-state index < -0.39 is 5.60 Å². The summed E-state index contributed by atoms with van der Waals surface area (Å²) >= 11 is 5.33. The molecule has 1 aliphatic heterocycles. The van der Waals surface area contributed by atoms with Gasteiger partial charge in [0.15, 0.2) is 0 Å². The molecule has 4 heteroatoms. The lowest BCUT2D eigenvalue weighted by molar-refractivity contribution is 0.0675. The Hall–Kier alpha value is -0.0300. The van der Waals surface area contributed by atoms with E-state index in [0.29, 0.717) is 6.54 Å². The highest BCUT2D eigenvalue weighted by molar-refractivity contribution is 9.10. The number of nitrogens with one attached hydrogen (secondary N) is 1. The molecule has 0 aromatic heterocycles. The van der Waals surface area contributed by atoms with Gasteiger partial charge in [-0.2, -0.15) is 11.8 Å². The molecule has 2 rings (SSSR count). The largest absolute Gasteiger partial charge is 0.388 e. The van der Waals surface area contributed by atoms with Crippen molar-refractivity contribution in [2.45, 2.75) is 25.5 Å². The summed E-state index contributed by atoms with van der Waals surface area (Å²) < 4.78 is 1.15. The van der Waals surface area contributed by atoms with Gasteiger partial charge in [0.2, 0.25) is 0 Å². The van der Waals surface area contributed by atoms with Crippen LogP contribution in [-0.2, 0) is 6.54 Å². The number of hydrogen-bond acceptors (Lipinski definition) is 3. The molecule has 1 fully saturated rings. The monoisotopic (exact) mass is 315 g/mol. The lowest BCUT2D eigenvalue weighted by Gasteiger charge is -2.21. The van der Waals surface area contributed by atoms with E-state index in [1.54, 1.807) is 0 Å². The van der Waals surface area contributed by atoms with Gasteiger partial charge in [0, 0.05) is 23.3 Å². The van der Waals surface area contributed by atoms with Gasteiger partial charge in [0.1, 0.15) is 0 Å². The third kappa shape index (κ3) is 3.71. The SMILES string of the molecule is Cc1cc(CNCC2(O)CCSC2)ccc1Br. The first kappa shape index (κ1) is 13.4. The van der Waals surface area contributed by atoms with Crippen LogP contribution < -0.4 is 5.32 Å². The quantitative estimate of drug-likeness (QED) is 0.896. The van der Waals surface area contributed by atoms with E-state index in [9.17, 15) is 5.11 Å². The lowest BCUT2D eigenvalue weighted by atomic mass is 10.0.